The standard InChI is InChI=1S/C25H32BrFN2O2S/c1-24(2,3)31-23(30)18-6-4-17(5-7-18)15-29-12-10-25(27,11-13-29)16-28-20-14-19(20)21-8-9-22(26)32-21/h4-9,19-20,28H,10-16H2,1-3H3. The summed E-state index contributed by atoms with van der Waals surface area (Å²) < 4.78 is 21.9. The van der Waals surface area contributed by atoms with Crippen LogP contribution in [0.1, 0.15) is 66.8 Å². The van der Waals surface area contributed by atoms with Gasteiger partial charge in [0.25, 0.3) is 0 Å². The maximum absolute atomic E-state index is 15.3. The third kappa shape index (κ3) is 6.40. The highest BCUT2D eigenvalue weighted by Crippen LogP contribution is 2.45. The van der Waals surface area contributed by atoms with Crippen LogP contribution in [0.15, 0.2) is 40.2 Å². The van der Waals surface area contributed by atoms with E-state index in [1.807, 2.05) is 45.0 Å². The summed E-state index contributed by atoms with van der Waals surface area (Å²) in [5.74, 6) is 0.236. The number of likely N-dealkylation sites (tertiary alicyclic amines) is 1. The largest absolute Gasteiger partial charge is 0.456 e. The van der Waals surface area contributed by atoms with Gasteiger partial charge in [-0.05, 0) is 85.8 Å². The fraction of sp³-hybridized carbons (Fsp3) is 0.560. The molecule has 1 saturated heterocycles. The van der Waals surface area contributed by atoms with Gasteiger partial charge in [-0.1, -0.05) is 12.1 Å². The number of halogens is 2. The highest BCUT2D eigenvalue weighted by Gasteiger charge is 2.42. The maximum atomic E-state index is 15.3. The van der Waals surface area contributed by atoms with Gasteiger partial charge in [0.15, 0.2) is 0 Å². The highest BCUT2D eigenvalue weighted by molar-refractivity contribution is 9.11. The number of alkyl halides is 1. The zero-order chi connectivity index (χ0) is 22.9. The zero-order valence-electron chi connectivity index (χ0n) is 19.0. The van der Waals surface area contributed by atoms with Crippen LogP contribution in [0.3, 0.4) is 0 Å². The summed E-state index contributed by atoms with van der Waals surface area (Å²) in [6.07, 6.45) is 2.21. The van der Waals surface area contributed by atoms with E-state index < -0.39 is 11.3 Å². The summed E-state index contributed by atoms with van der Waals surface area (Å²) >= 11 is 5.30. The molecule has 1 aliphatic heterocycles. The fourth-order valence-corrected chi connectivity index (χ4v) is 5.81. The van der Waals surface area contributed by atoms with Crippen molar-refractivity contribution in [3.8, 4) is 0 Å². The molecular weight excluding hydrogens is 491 g/mol. The van der Waals surface area contributed by atoms with Crippen molar-refractivity contribution < 1.29 is 13.9 Å². The van der Waals surface area contributed by atoms with E-state index in [4.69, 9.17) is 4.74 Å². The number of esters is 1. The van der Waals surface area contributed by atoms with Gasteiger partial charge >= 0.3 is 5.97 Å². The summed E-state index contributed by atoms with van der Waals surface area (Å²) in [4.78, 5) is 15.8. The molecule has 0 bridgehead atoms. The van der Waals surface area contributed by atoms with Gasteiger partial charge in [0.1, 0.15) is 11.3 Å². The van der Waals surface area contributed by atoms with Crippen molar-refractivity contribution in [1.82, 2.24) is 10.2 Å². The fourth-order valence-electron chi connectivity index (χ4n) is 4.21. The molecule has 2 aromatic rings. The first-order valence-electron chi connectivity index (χ1n) is 11.3. The van der Waals surface area contributed by atoms with Crippen LogP contribution < -0.4 is 5.32 Å². The minimum absolute atomic E-state index is 0.304. The van der Waals surface area contributed by atoms with Gasteiger partial charge in [-0.25, -0.2) is 9.18 Å². The molecule has 1 N–H and O–H groups in total. The first kappa shape index (κ1) is 23.9. The number of rotatable bonds is 7. The predicted octanol–water partition coefficient (Wildman–Crippen LogP) is 5.92. The molecule has 1 saturated carbocycles. The summed E-state index contributed by atoms with van der Waals surface area (Å²) in [7, 11) is 0. The first-order valence-corrected chi connectivity index (χ1v) is 12.9. The van der Waals surface area contributed by atoms with Crippen LogP contribution >= 0.6 is 27.3 Å². The van der Waals surface area contributed by atoms with E-state index in [-0.39, 0.29) is 5.97 Å². The van der Waals surface area contributed by atoms with Crippen molar-refractivity contribution in [1.29, 1.82) is 0 Å². The van der Waals surface area contributed by atoms with Gasteiger partial charge in [0, 0.05) is 43.0 Å². The molecule has 4 nitrogen and oxygen atoms in total. The molecule has 0 amide bonds. The lowest BCUT2D eigenvalue weighted by Crippen LogP contribution is -2.47. The van der Waals surface area contributed by atoms with Crippen molar-refractivity contribution in [3.63, 3.8) is 0 Å². The topological polar surface area (TPSA) is 41.6 Å². The van der Waals surface area contributed by atoms with Crippen molar-refractivity contribution in [2.75, 3.05) is 19.6 Å². The molecule has 0 spiro atoms. The van der Waals surface area contributed by atoms with Crippen molar-refractivity contribution in [3.05, 3.63) is 56.2 Å². The lowest BCUT2D eigenvalue weighted by atomic mass is 9.93. The molecule has 1 aliphatic carbocycles. The Hall–Kier alpha value is -1.28. The van der Waals surface area contributed by atoms with E-state index in [9.17, 15) is 4.79 Å². The minimum Gasteiger partial charge on any atom is -0.456 e. The second-order valence-corrected chi connectivity index (χ2v) is 12.6. The number of hydrogen-bond donors (Lipinski definition) is 1. The Labute approximate surface area is 202 Å². The monoisotopic (exact) mass is 522 g/mol. The van der Waals surface area contributed by atoms with Crippen LogP contribution in [0, 0.1) is 0 Å². The number of nitrogens with one attached hydrogen (secondary N) is 1. The normalized spacial score (nSPS) is 23.2. The van der Waals surface area contributed by atoms with Crippen LogP contribution in [0.5, 0.6) is 0 Å². The van der Waals surface area contributed by atoms with E-state index in [1.54, 1.807) is 11.3 Å². The Morgan fingerprint density at radius 3 is 2.50 bits per heavy atom. The van der Waals surface area contributed by atoms with Crippen LogP contribution in [-0.2, 0) is 11.3 Å². The van der Waals surface area contributed by atoms with Crippen molar-refractivity contribution in [2.45, 2.75) is 69.8 Å². The summed E-state index contributed by atoms with van der Waals surface area (Å²) in [5, 5.41) is 3.48. The molecule has 174 valence electrons. The van der Waals surface area contributed by atoms with Gasteiger partial charge in [-0.3, -0.25) is 4.90 Å². The van der Waals surface area contributed by atoms with Gasteiger partial charge in [-0.15, -0.1) is 11.3 Å². The summed E-state index contributed by atoms with van der Waals surface area (Å²) in [6.45, 7) is 8.30. The third-order valence-electron chi connectivity index (χ3n) is 6.18. The van der Waals surface area contributed by atoms with Crippen LogP contribution in [0.2, 0.25) is 0 Å². The molecule has 32 heavy (non-hydrogen) atoms. The third-order valence-corrected chi connectivity index (χ3v) is 7.93. The molecule has 2 heterocycles. The van der Waals surface area contributed by atoms with E-state index >= 15 is 4.39 Å². The Morgan fingerprint density at radius 1 is 1.22 bits per heavy atom. The Balaban J connectivity index is 1.20. The molecule has 1 aromatic carbocycles. The second-order valence-electron chi connectivity index (χ2n) is 10.1. The molecule has 7 heteroatoms. The minimum atomic E-state index is -1.12. The molecule has 4 rings (SSSR count). The summed E-state index contributed by atoms with van der Waals surface area (Å²) in [5.41, 5.74) is 0.0631. The average molecular weight is 524 g/mol. The SMILES string of the molecule is CC(C)(C)OC(=O)c1ccc(CN2CCC(F)(CNC3CC3c3ccc(Br)s3)CC2)cc1. The van der Waals surface area contributed by atoms with Gasteiger partial charge in [0.05, 0.1) is 9.35 Å². The van der Waals surface area contributed by atoms with Crippen molar-refractivity contribution >= 4 is 33.2 Å². The van der Waals surface area contributed by atoms with E-state index in [0.29, 0.717) is 36.9 Å². The number of thiophene rings is 1. The number of ether oxygens (including phenoxy) is 1. The molecule has 1 aromatic heterocycles. The Morgan fingerprint density at radius 2 is 1.91 bits per heavy atom. The zero-order valence-corrected chi connectivity index (χ0v) is 21.4. The smallest absolute Gasteiger partial charge is 0.338 e. The first-order chi connectivity index (χ1) is 15.1. The van der Waals surface area contributed by atoms with E-state index in [0.717, 1.165) is 35.4 Å². The van der Waals surface area contributed by atoms with Gasteiger partial charge in [-0.2, -0.15) is 0 Å². The Bertz CT molecular complexity index is 932. The van der Waals surface area contributed by atoms with Crippen LogP contribution in [0.4, 0.5) is 4.39 Å². The quantitative estimate of drug-likeness (QED) is 0.458. The predicted molar refractivity (Wildman–Crippen MR) is 131 cm³/mol. The van der Waals surface area contributed by atoms with E-state index in [1.165, 1.54) is 4.88 Å². The average Bonchev–Trinajstić information content (AvgIpc) is 3.39. The number of hydrogen-bond acceptors (Lipinski definition) is 5. The maximum Gasteiger partial charge on any atom is 0.338 e. The van der Waals surface area contributed by atoms with Gasteiger partial charge in [0.2, 0.25) is 0 Å². The van der Waals surface area contributed by atoms with Crippen LogP contribution in [-0.4, -0.2) is 47.8 Å². The van der Waals surface area contributed by atoms with Gasteiger partial charge < -0.3 is 10.1 Å². The molecule has 2 atom stereocenters. The molecule has 2 aliphatic rings. The van der Waals surface area contributed by atoms with Crippen molar-refractivity contribution in [2.24, 2.45) is 0 Å². The number of carbonyl (C=O) groups excluding carboxylic acids is 1. The number of benzene rings is 1. The number of carbonyl (C=O) groups is 1. The van der Waals surface area contributed by atoms with E-state index in [2.05, 4.69) is 38.3 Å². The second kappa shape index (κ2) is 9.53. The molecular formula is C25H32BrFN2O2S. The molecule has 2 unspecified atom stereocenters. The molecule has 0 radical (unpaired) electrons. The summed E-state index contributed by atoms with van der Waals surface area (Å²) in [6, 6.07) is 12.2. The highest BCUT2D eigenvalue weighted by atomic mass is 79.9. The van der Waals surface area contributed by atoms with Crippen LogP contribution in [0.25, 0.3) is 0 Å². The number of nitrogens with zero attached hydrogens (tertiary/aromatic N) is 1. The Kier molecular flexibility index (Phi) is 7.11. The molecule has 2 fully saturated rings. The lowest BCUT2D eigenvalue weighted by Gasteiger charge is -2.36. The lowest BCUT2D eigenvalue weighted by molar-refractivity contribution is 0.00693. The number of piperidine rings is 1.